The number of nitrogens with one attached hydrogen (secondary N) is 2. The van der Waals surface area contributed by atoms with Gasteiger partial charge in [-0.3, -0.25) is 14.6 Å². The van der Waals surface area contributed by atoms with Crippen LogP contribution in [-0.4, -0.2) is 55.7 Å². The minimum atomic E-state index is -3.52. The van der Waals surface area contributed by atoms with Gasteiger partial charge in [-0.15, -0.1) is 0 Å². The molecule has 0 atom stereocenters. The molecule has 1 aliphatic rings. The SMILES string of the molecule is CCNC(=O)C(=O)NCC1CCN(S(=O)(=O)c2cccnc2)CC1. The highest BCUT2D eigenvalue weighted by molar-refractivity contribution is 7.89. The summed E-state index contributed by atoms with van der Waals surface area (Å²) in [6.45, 7) is 3.29. The Balaban J connectivity index is 1.83. The van der Waals surface area contributed by atoms with Crippen LogP contribution in [-0.2, 0) is 19.6 Å². The van der Waals surface area contributed by atoms with E-state index in [-0.39, 0.29) is 10.8 Å². The summed E-state index contributed by atoms with van der Waals surface area (Å²) in [5, 5.41) is 5.03. The van der Waals surface area contributed by atoms with Gasteiger partial charge in [0.1, 0.15) is 4.90 Å². The number of aromatic nitrogens is 1. The monoisotopic (exact) mass is 354 g/mol. The van der Waals surface area contributed by atoms with Crippen molar-refractivity contribution in [3.8, 4) is 0 Å². The maximum absolute atomic E-state index is 12.5. The second-order valence-electron chi connectivity index (χ2n) is 5.61. The van der Waals surface area contributed by atoms with Gasteiger partial charge >= 0.3 is 11.8 Å². The molecule has 2 rings (SSSR count). The molecule has 1 fully saturated rings. The van der Waals surface area contributed by atoms with Gasteiger partial charge in [-0.1, -0.05) is 0 Å². The Morgan fingerprint density at radius 1 is 1.25 bits per heavy atom. The highest BCUT2D eigenvalue weighted by Gasteiger charge is 2.29. The minimum Gasteiger partial charge on any atom is -0.348 e. The lowest BCUT2D eigenvalue weighted by Gasteiger charge is -2.31. The largest absolute Gasteiger partial charge is 0.348 e. The van der Waals surface area contributed by atoms with Gasteiger partial charge in [0.2, 0.25) is 10.0 Å². The summed E-state index contributed by atoms with van der Waals surface area (Å²) < 4.78 is 26.4. The van der Waals surface area contributed by atoms with Crippen molar-refractivity contribution in [2.45, 2.75) is 24.7 Å². The second kappa shape index (κ2) is 8.20. The van der Waals surface area contributed by atoms with Crippen LogP contribution >= 0.6 is 0 Å². The summed E-state index contributed by atoms with van der Waals surface area (Å²) in [4.78, 5) is 26.9. The van der Waals surface area contributed by atoms with Crippen molar-refractivity contribution >= 4 is 21.8 Å². The fourth-order valence-electron chi connectivity index (χ4n) is 2.56. The number of amides is 2. The van der Waals surface area contributed by atoms with Crippen molar-refractivity contribution in [2.24, 2.45) is 5.92 Å². The number of sulfonamides is 1. The number of piperidine rings is 1. The molecule has 1 aromatic rings. The third kappa shape index (κ3) is 4.51. The molecular formula is C15H22N4O4S. The van der Waals surface area contributed by atoms with E-state index in [0.717, 1.165) is 0 Å². The van der Waals surface area contributed by atoms with Crippen molar-refractivity contribution in [3.05, 3.63) is 24.5 Å². The first-order valence-corrected chi connectivity index (χ1v) is 9.35. The van der Waals surface area contributed by atoms with Gasteiger partial charge in [0.25, 0.3) is 0 Å². The number of rotatable bonds is 5. The number of hydrogen-bond donors (Lipinski definition) is 2. The molecule has 0 radical (unpaired) electrons. The Hall–Kier alpha value is -2.00. The first kappa shape index (κ1) is 18.3. The average Bonchev–Trinajstić information content (AvgIpc) is 2.61. The number of nitrogens with zero attached hydrogens (tertiary/aromatic N) is 2. The molecule has 1 saturated heterocycles. The quantitative estimate of drug-likeness (QED) is 0.708. The lowest BCUT2D eigenvalue weighted by molar-refractivity contribution is -0.139. The van der Waals surface area contributed by atoms with Crippen LogP contribution in [0.4, 0.5) is 0 Å². The van der Waals surface area contributed by atoms with Crippen LogP contribution in [0.1, 0.15) is 19.8 Å². The molecule has 8 nitrogen and oxygen atoms in total. The molecule has 24 heavy (non-hydrogen) atoms. The van der Waals surface area contributed by atoms with Gasteiger partial charge in [0.15, 0.2) is 0 Å². The fourth-order valence-corrected chi connectivity index (χ4v) is 3.99. The van der Waals surface area contributed by atoms with Gasteiger partial charge in [-0.2, -0.15) is 4.31 Å². The topological polar surface area (TPSA) is 108 Å². The van der Waals surface area contributed by atoms with E-state index in [0.29, 0.717) is 39.0 Å². The summed E-state index contributed by atoms with van der Waals surface area (Å²) >= 11 is 0. The van der Waals surface area contributed by atoms with Crippen LogP contribution in [0.2, 0.25) is 0 Å². The lowest BCUT2D eigenvalue weighted by Crippen LogP contribution is -2.44. The Kier molecular flexibility index (Phi) is 6.27. The highest BCUT2D eigenvalue weighted by Crippen LogP contribution is 2.22. The molecule has 1 aromatic heterocycles. The molecule has 0 spiro atoms. The van der Waals surface area contributed by atoms with Crippen LogP contribution in [0.3, 0.4) is 0 Å². The molecule has 132 valence electrons. The third-order valence-corrected chi connectivity index (χ3v) is 5.82. The van der Waals surface area contributed by atoms with E-state index < -0.39 is 21.8 Å². The average molecular weight is 354 g/mol. The maximum atomic E-state index is 12.5. The first-order valence-electron chi connectivity index (χ1n) is 7.91. The van der Waals surface area contributed by atoms with E-state index in [9.17, 15) is 18.0 Å². The molecule has 1 aliphatic heterocycles. The minimum absolute atomic E-state index is 0.156. The smallest absolute Gasteiger partial charge is 0.309 e. The maximum Gasteiger partial charge on any atom is 0.309 e. The molecule has 0 unspecified atom stereocenters. The molecular weight excluding hydrogens is 332 g/mol. The van der Waals surface area contributed by atoms with Crippen LogP contribution in [0.5, 0.6) is 0 Å². The van der Waals surface area contributed by atoms with E-state index >= 15 is 0 Å². The predicted molar refractivity (Wildman–Crippen MR) is 87.4 cm³/mol. The van der Waals surface area contributed by atoms with Gasteiger partial charge in [-0.25, -0.2) is 8.42 Å². The van der Waals surface area contributed by atoms with E-state index in [2.05, 4.69) is 15.6 Å². The molecule has 2 amide bonds. The standard InChI is InChI=1S/C15H22N4O4S/c1-2-17-14(20)15(21)18-10-12-5-8-19(9-6-12)24(22,23)13-4-3-7-16-11-13/h3-4,7,11-12H,2,5-6,8-10H2,1H3,(H,17,20)(H,18,21). The van der Waals surface area contributed by atoms with Gasteiger partial charge in [0, 0.05) is 38.6 Å². The third-order valence-electron chi connectivity index (χ3n) is 3.94. The van der Waals surface area contributed by atoms with Crippen molar-refractivity contribution in [2.75, 3.05) is 26.2 Å². The van der Waals surface area contributed by atoms with Gasteiger partial charge in [0.05, 0.1) is 0 Å². The van der Waals surface area contributed by atoms with Crippen LogP contribution in [0.25, 0.3) is 0 Å². The van der Waals surface area contributed by atoms with Crippen LogP contribution in [0, 0.1) is 5.92 Å². The molecule has 0 aliphatic carbocycles. The summed E-state index contributed by atoms with van der Waals surface area (Å²) in [7, 11) is -3.52. The summed E-state index contributed by atoms with van der Waals surface area (Å²) in [5.41, 5.74) is 0. The first-order chi connectivity index (χ1) is 11.4. The van der Waals surface area contributed by atoms with Crippen molar-refractivity contribution in [1.29, 1.82) is 0 Å². The summed E-state index contributed by atoms with van der Waals surface area (Å²) in [5.74, 6) is -1.14. The molecule has 0 saturated carbocycles. The molecule has 0 bridgehead atoms. The van der Waals surface area contributed by atoms with Gasteiger partial charge < -0.3 is 10.6 Å². The zero-order chi connectivity index (χ0) is 17.6. The number of carbonyl (C=O) groups excluding carboxylic acids is 2. The number of carbonyl (C=O) groups is 2. The van der Waals surface area contributed by atoms with E-state index in [1.165, 1.54) is 22.8 Å². The Labute approximate surface area is 141 Å². The van der Waals surface area contributed by atoms with Crippen LogP contribution < -0.4 is 10.6 Å². The lowest BCUT2D eigenvalue weighted by atomic mass is 9.98. The van der Waals surface area contributed by atoms with Crippen molar-refractivity contribution in [3.63, 3.8) is 0 Å². The Bertz CT molecular complexity index is 670. The number of pyridine rings is 1. The molecule has 0 aromatic carbocycles. The van der Waals surface area contributed by atoms with Gasteiger partial charge in [-0.05, 0) is 37.8 Å². The zero-order valence-corrected chi connectivity index (χ0v) is 14.4. The Morgan fingerprint density at radius 2 is 1.92 bits per heavy atom. The zero-order valence-electron chi connectivity index (χ0n) is 13.6. The fraction of sp³-hybridized carbons (Fsp3) is 0.533. The molecule has 2 N–H and O–H groups in total. The number of likely N-dealkylation sites (N-methyl/N-ethyl adjacent to an activating group) is 1. The summed E-state index contributed by atoms with van der Waals surface area (Å²) in [6, 6.07) is 3.12. The highest BCUT2D eigenvalue weighted by atomic mass is 32.2. The summed E-state index contributed by atoms with van der Waals surface area (Å²) in [6.07, 6.45) is 4.14. The van der Waals surface area contributed by atoms with Crippen molar-refractivity contribution < 1.29 is 18.0 Å². The van der Waals surface area contributed by atoms with Crippen LogP contribution in [0.15, 0.2) is 29.4 Å². The van der Waals surface area contributed by atoms with E-state index in [1.807, 2.05) is 0 Å². The second-order valence-corrected chi connectivity index (χ2v) is 7.54. The Morgan fingerprint density at radius 3 is 2.50 bits per heavy atom. The molecule has 2 heterocycles. The number of hydrogen-bond acceptors (Lipinski definition) is 5. The van der Waals surface area contributed by atoms with E-state index in [4.69, 9.17) is 0 Å². The molecule has 9 heteroatoms. The van der Waals surface area contributed by atoms with Crippen molar-refractivity contribution in [1.82, 2.24) is 19.9 Å². The predicted octanol–water partition coefficient (Wildman–Crippen LogP) is -0.265. The normalized spacial score (nSPS) is 16.5. The van der Waals surface area contributed by atoms with E-state index in [1.54, 1.807) is 13.0 Å².